The Kier molecular flexibility index (Phi) is 4.85. The molecule has 34 heavy (non-hydrogen) atoms. The second-order valence-electron chi connectivity index (χ2n) is 8.56. The van der Waals surface area contributed by atoms with E-state index in [-0.39, 0.29) is 5.91 Å². The number of carbonyl (C=O) groups excluding carboxylic acids is 1. The molecule has 5 aromatic carbocycles. The highest BCUT2D eigenvalue weighted by molar-refractivity contribution is 6.12. The third-order valence-electron chi connectivity index (χ3n) is 6.68. The van der Waals surface area contributed by atoms with Gasteiger partial charge in [-0.1, -0.05) is 115 Å². The minimum absolute atomic E-state index is 0.0332. The average molecular weight is 438 g/mol. The molecule has 1 aliphatic heterocycles. The molecular formula is C32H23NO. The van der Waals surface area contributed by atoms with Crippen molar-refractivity contribution in [1.82, 2.24) is 0 Å². The maximum Gasteiger partial charge on any atom is 0.259 e. The van der Waals surface area contributed by atoms with Crippen LogP contribution >= 0.6 is 0 Å². The summed E-state index contributed by atoms with van der Waals surface area (Å²) in [7, 11) is 0. The Morgan fingerprint density at radius 1 is 0.588 bits per heavy atom. The van der Waals surface area contributed by atoms with Crippen LogP contribution < -0.4 is 4.90 Å². The largest absolute Gasteiger partial charge is 0.290 e. The summed E-state index contributed by atoms with van der Waals surface area (Å²) in [4.78, 5) is 16.3. The quantitative estimate of drug-likeness (QED) is 0.287. The van der Waals surface area contributed by atoms with E-state index in [1.807, 2.05) is 77.7 Å². The van der Waals surface area contributed by atoms with Crippen LogP contribution in [0.15, 0.2) is 133 Å². The first-order chi connectivity index (χ1) is 16.8. The fourth-order valence-electron chi connectivity index (χ4n) is 5.10. The number of rotatable bonds is 3. The Morgan fingerprint density at radius 2 is 1.15 bits per heavy atom. The third kappa shape index (κ3) is 3.07. The van der Waals surface area contributed by atoms with Crippen molar-refractivity contribution < 1.29 is 4.79 Å². The molecule has 2 nitrogen and oxygen atoms in total. The number of anilines is 1. The second kappa shape index (κ2) is 8.17. The summed E-state index contributed by atoms with van der Waals surface area (Å²) in [6.45, 7) is 0. The molecular weight excluding hydrogens is 414 g/mol. The van der Waals surface area contributed by atoms with Crippen LogP contribution in [0, 0.1) is 0 Å². The van der Waals surface area contributed by atoms with Gasteiger partial charge in [-0.2, -0.15) is 0 Å². The Balaban J connectivity index is 1.71. The lowest BCUT2D eigenvalue weighted by atomic mass is 9.77. The van der Waals surface area contributed by atoms with E-state index in [0.29, 0.717) is 5.56 Å². The lowest BCUT2D eigenvalue weighted by Gasteiger charge is -2.46. The van der Waals surface area contributed by atoms with Gasteiger partial charge >= 0.3 is 0 Å². The first-order valence-electron chi connectivity index (χ1n) is 11.5. The molecule has 1 heterocycles. The minimum atomic E-state index is -0.787. The number of hydrogen-bond acceptors (Lipinski definition) is 1. The molecule has 0 unspecified atom stereocenters. The fourth-order valence-corrected chi connectivity index (χ4v) is 5.10. The number of fused-ring (bicyclic) bond motifs is 3. The van der Waals surface area contributed by atoms with E-state index in [1.54, 1.807) is 0 Å². The van der Waals surface area contributed by atoms with Crippen LogP contribution in [-0.4, -0.2) is 5.91 Å². The van der Waals surface area contributed by atoms with Gasteiger partial charge in [0.1, 0.15) is 5.54 Å². The maximum absolute atomic E-state index is 14.4. The number of benzene rings is 5. The number of hydrogen-bond donors (Lipinski definition) is 0. The van der Waals surface area contributed by atoms with Gasteiger partial charge in [0, 0.05) is 11.1 Å². The van der Waals surface area contributed by atoms with Gasteiger partial charge in [-0.25, -0.2) is 0 Å². The van der Waals surface area contributed by atoms with E-state index < -0.39 is 5.54 Å². The van der Waals surface area contributed by atoms with E-state index in [2.05, 4.69) is 66.7 Å². The zero-order valence-electron chi connectivity index (χ0n) is 18.6. The standard InChI is InChI=1S/C32H23NO/c34-31(25-13-4-1-5-14-25)33-30-21-20-24-12-10-11-19-28(24)29(30)22-23-32(33,26-15-6-2-7-16-26)27-17-8-3-9-18-27/h1-23H. The molecule has 1 aliphatic rings. The molecule has 0 aliphatic carbocycles. The fraction of sp³-hybridized carbons (Fsp3) is 0.0312. The highest BCUT2D eigenvalue weighted by Gasteiger charge is 2.45. The van der Waals surface area contributed by atoms with Gasteiger partial charge in [0.15, 0.2) is 0 Å². The van der Waals surface area contributed by atoms with Crippen molar-refractivity contribution in [2.24, 2.45) is 0 Å². The molecule has 0 saturated heterocycles. The molecule has 162 valence electrons. The zero-order chi connectivity index (χ0) is 23.0. The molecule has 0 atom stereocenters. The molecule has 0 fully saturated rings. The van der Waals surface area contributed by atoms with Crippen molar-refractivity contribution in [1.29, 1.82) is 0 Å². The van der Waals surface area contributed by atoms with Crippen LogP contribution in [0.25, 0.3) is 16.8 Å². The summed E-state index contributed by atoms with van der Waals surface area (Å²) in [6, 6.07) is 42.7. The summed E-state index contributed by atoms with van der Waals surface area (Å²) < 4.78 is 0. The smallest absolute Gasteiger partial charge is 0.259 e. The molecule has 0 bridgehead atoms. The molecule has 6 rings (SSSR count). The Morgan fingerprint density at radius 3 is 1.79 bits per heavy atom. The minimum Gasteiger partial charge on any atom is -0.290 e. The van der Waals surface area contributed by atoms with Crippen LogP contribution in [0.5, 0.6) is 0 Å². The van der Waals surface area contributed by atoms with Crippen LogP contribution in [0.3, 0.4) is 0 Å². The zero-order valence-corrected chi connectivity index (χ0v) is 18.6. The van der Waals surface area contributed by atoms with Gasteiger partial charge in [0.2, 0.25) is 0 Å². The first kappa shape index (κ1) is 20.2. The van der Waals surface area contributed by atoms with Gasteiger partial charge in [0.05, 0.1) is 5.69 Å². The van der Waals surface area contributed by atoms with Crippen LogP contribution in [-0.2, 0) is 5.54 Å². The van der Waals surface area contributed by atoms with Gasteiger partial charge < -0.3 is 0 Å². The number of carbonyl (C=O) groups is 1. The highest BCUT2D eigenvalue weighted by atomic mass is 16.2. The van der Waals surface area contributed by atoms with Crippen molar-refractivity contribution >= 4 is 28.4 Å². The summed E-state index contributed by atoms with van der Waals surface area (Å²) in [5.41, 5.74) is 3.92. The van der Waals surface area contributed by atoms with E-state index in [1.165, 1.54) is 0 Å². The SMILES string of the molecule is O=C(c1ccccc1)N1c2ccc3ccccc3c2C=CC1(c1ccccc1)c1ccccc1. The second-order valence-corrected chi connectivity index (χ2v) is 8.56. The van der Waals surface area contributed by atoms with Crippen molar-refractivity contribution in [3.8, 4) is 0 Å². The molecule has 5 aromatic rings. The van der Waals surface area contributed by atoms with Gasteiger partial charge in [-0.15, -0.1) is 0 Å². The van der Waals surface area contributed by atoms with Crippen LogP contribution in [0.1, 0.15) is 27.0 Å². The summed E-state index contributed by atoms with van der Waals surface area (Å²) in [6.07, 6.45) is 4.37. The molecule has 1 amide bonds. The molecule has 0 saturated carbocycles. The van der Waals surface area contributed by atoms with Gasteiger partial charge in [-0.3, -0.25) is 9.69 Å². The molecule has 0 radical (unpaired) electrons. The van der Waals surface area contributed by atoms with Crippen molar-refractivity contribution in [2.45, 2.75) is 5.54 Å². The molecule has 0 spiro atoms. The van der Waals surface area contributed by atoms with Crippen molar-refractivity contribution in [2.75, 3.05) is 4.90 Å². The first-order valence-corrected chi connectivity index (χ1v) is 11.5. The monoisotopic (exact) mass is 437 g/mol. The Labute approximate surface area is 199 Å². The van der Waals surface area contributed by atoms with E-state index >= 15 is 0 Å². The maximum atomic E-state index is 14.4. The van der Waals surface area contributed by atoms with Crippen molar-refractivity contribution in [3.05, 3.63) is 156 Å². The molecule has 0 aromatic heterocycles. The normalized spacial score (nSPS) is 14.1. The third-order valence-corrected chi connectivity index (χ3v) is 6.68. The molecule has 2 heteroatoms. The molecule has 0 N–H and O–H groups in total. The number of amides is 1. The highest BCUT2D eigenvalue weighted by Crippen LogP contribution is 2.47. The predicted octanol–water partition coefficient (Wildman–Crippen LogP) is 7.46. The van der Waals surface area contributed by atoms with Crippen LogP contribution in [0.2, 0.25) is 0 Å². The number of nitrogens with zero attached hydrogens (tertiary/aromatic N) is 1. The van der Waals surface area contributed by atoms with Crippen molar-refractivity contribution in [3.63, 3.8) is 0 Å². The lowest BCUT2D eigenvalue weighted by molar-refractivity contribution is 0.0970. The predicted molar refractivity (Wildman–Crippen MR) is 140 cm³/mol. The van der Waals surface area contributed by atoms with E-state index in [4.69, 9.17) is 0 Å². The van der Waals surface area contributed by atoms with E-state index in [9.17, 15) is 4.79 Å². The van der Waals surface area contributed by atoms with E-state index in [0.717, 1.165) is 33.2 Å². The Bertz CT molecular complexity index is 1470. The summed E-state index contributed by atoms with van der Waals surface area (Å²) in [5, 5.41) is 2.29. The average Bonchev–Trinajstić information content (AvgIpc) is 2.93. The lowest BCUT2D eigenvalue weighted by Crippen LogP contribution is -2.51. The topological polar surface area (TPSA) is 20.3 Å². The Hall–Kier alpha value is -4.43. The van der Waals surface area contributed by atoms with Gasteiger partial charge in [0.25, 0.3) is 5.91 Å². The van der Waals surface area contributed by atoms with Crippen LogP contribution in [0.4, 0.5) is 5.69 Å². The van der Waals surface area contributed by atoms with Gasteiger partial charge in [-0.05, 0) is 46.2 Å². The summed E-state index contributed by atoms with van der Waals surface area (Å²) in [5.74, 6) is -0.0332. The summed E-state index contributed by atoms with van der Waals surface area (Å²) >= 11 is 0.